The van der Waals surface area contributed by atoms with E-state index < -0.39 is 0 Å². The minimum atomic E-state index is -0.312. The summed E-state index contributed by atoms with van der Waals surface area (Å²) in [6, 6.07) is 14.4. The Labute approximate surface area is 180 Å². The van der Waals surface area contributed by atoms with Gasteiger partial charge in [-0.3, -0.25) is 9.36 Å². The molecule has 1 aromatic heterocycles. The highest BCUT2D eigenvalue weighted by Gasteiger charge is 2.23. The molecule has 1 aliphatic rings. The first kappa shape index (κ1) is 20.5. The Balaban J connectivity index is 1.61. The highest BCUT2D eigenvalue weighted by atomic mass is 32.2. The molecule has 0 atom stereocenters. The predicted molar refractivity (Wildman–Crippen MR) is 119 cm³/mol. The molecule has 1 fully saturated rings. The van der Waals surface area contributed by atoms with E-state index in [2.05, 4.69) is 22.0 Å². The zero-order valence-corrected chi connectivity index (χ0v) is 18.0. The molecular weight excluding hydrogens is 399 g/mol. The average molecular weight is 425 g/mol. The van der Waals surface area contributed by atoms with E-state index in [0.29, 0.717) is 23.1 Å². The molecule has 3 aromatic rings. The molecule has 0 spiro atoms. The van der Waals surface area contributed by atoms with Crippen LogP contribution in [0.3, 0.4) is 0 Å². The third-order valence-corrected chi connectivity index (χ3v) is 6.06. The first-order valence-electron chi connectivity index (χ1n) is 10.0. The number of carbonyl (C=O) groups excluding carboxylic acids is 1. The molecule has 7 heteroatoms. The van der Waals surface area contributed by atoms with Crippen LogP contribution in [0.1, 0.15) is 28.9 Å². The van der Waals surface area contributed by atoms with Crippen LogP contribution >= 0.6 is 11.8 Å². The molecule has 5 nitrogen and oxygen atoms in total. The van der Waals surface area contributed by atoms with E-state index in [9.17, 15) is 9.18 Å². The second-order valence-electron chi connectivity index (χ2n) is 7.43. The standard InChI is InChI=1S/C23H25FN4OS/c1-26(16-17-7-3-4-8-20(17)27-13-5-6-14-27)22(29)21-15-25-23(30-2)28(21)19-11-9-18(24)10-12-19/h3-4,7-12,15H,5-6,13-14,16H2,1-2H3. The molecule has 0 aliphatic carbocycles. The van der Waals surface area contributed by atoms with E-state index in [-0.39, 0.29) is 11.7 Å². The van der Waals surface area contributed by atoms with Gasteiger partial charge in [0.1, 0.15) is 11.5 Å². The van der Waals surface area contributed by atoms with Crippen molar-refractivity contribution < 1.29 is 9.18 Å². The predicted octanol–water partition coefficient (Wildman–Crippen LogP) is 4.61. The lowest BCUT2D eigenvalue weighted by Crippen LogP contribution is -2.29. The topological polar surface area (TPSA) is 41.4 Å². The molecule has 2 heterocycles. The van der Waals surface area contributed by atoms with Crippen LogP contribution < -0.4 is 4.90 Å². The quantitative estimate of drug-likeness (QED) is 0.542. The lowest BCUT2D eigenvalue weighted by molar-refractivity contribution is 0.0776. The van der Waals surface area contributed by atoms with Crippen molar-refractivity contribution >= 4 is 23.4 Å². The van der Waals surface area contributed by atoms with Crippen molar-refractivity contribution in [3.63, 3.8) is 0 Å². The van der Waals surface area contributed by atoms with E-state index in [0.717, 1.165) is 18.7 Å². The van der Waals surface area contributed by atoms with Crippen LogP contribution in [0.25, 0.3) is 5.69 Å². The van der Waals surface area contributed by atoms with E-state index in [1.54, 1.807) is 27.8 Å². The van der Waals surface area contributed by atoms with Gasteiger partial charge in [0.05, 0.1) is 6.20 Å². The molecule has 0 bridgehead atoms. The van der Waals surface area contributed by atoms with Gasteiger partial charge in [-0.15, -0.1) is 0 Å². The first-order valence-corrected chi connectivity index (χ1v) is 11.3. The van der Waals surface area contributed by atoms with Crippen molar-refractivity contribution in [2.75, 3.05) is 31.3 Å². The Bertz CT molecular complexity index is 1030. The van der Waals surface area contributed by atoms with Crippen molar-refractivity contribution in [1.29, 1.82) is 0 Å². The molecule has 1 amide bonds. The van der Waals surface area contributed by atoms with Crippen molar-refractivity contribution in [2.24, 2.45) is 0 Å². The fraction of sp³-hybridized carbons (Fsp3) is 0.304. The van der Waals surface area contributed by atoms with E-state index in [1.165, 1.54) is 42.4 Å². The Kier molecular flexibility index (Phi) is 6.08. The minimum absolute atomic E-state index is 0.122. The maximum Gasteiger partial charge on any atom is 0.272 e. The summed E-state index contributed by atoms with van der Waals surface area (Å²) >= 11 is 1.45. The molecule has 0 saturated carbocycles. The number of thioether (sulfide) groups is 1. The molecule has 4 rings (SSSR count). The van der Waals surface area contributed by atoms with Crippen LogP contribution in [-0.2, 0) is 6.54 Å². The molecule has 156 valence electrons. The van der Waals surface area contributed by atoms with Crippen molar-refractivity contribution in [1.82, 2.24) is 14.5 Å². The lowest BCUT2D eigenvalue weighted by atomic mass is 10.1. The van der Waals surface area contributed by atoms with Crippen LogP contribution in [-0.4, -0.2) is 46.8 Å². The number of para-hydroxylation sites is 1. The third kappa shape index (κ3) is 4.07. The number of halogens is 1. The fourth-order valence-electron chi connectivity index (χ4n) is 3.90. The third-order valence-electron chi connectivity index (χ3n) is 5.41. The Morgan fingerprint density at radius 1 is 1.13 bits per heavy atom. The number of imidazole rings is 1. The van der Waals surface area contributed by atoms with E-state index >= 15 is 0 Å². The van der Waals surface area contributed by atoms with Crippen molar-refractivity contribution in [3.8, 4) is 5.69 Å². The minimum Gasteiger partial charge on any atom is -0.371 e. The number of benzene rings is 2. The summed E-state index contributed by atoms with van der Waals surface area (Å²) in [5.74, 6) is -0.434. The number of anilines is 1. The molecule has 0 radical (unpaired) electrons. The van der Waals surface area contributed by atoms with Gasteiger partial charge in [-0.25, -0.2) is 9.37 Å². The summed E-state index contributed by atoms with van der Waals surface area (Å²) in [7, 11) is 1.81. The Morgan fingerprint density at radius 2 is 1.83 bits per heavy atom. The fourth-order valence-corrected chi connectivity index (χ4v) is 4.45. The number of nitrogens with zero attached hydrogens (tertiary/aromatic N) is 4. The molecule has 1 aliphatic heterocycles. The van der Waals surface area contributed by atoms with Gasteiger partial charge in [0.2, 0.25) is 0 Å². The largest absolute Gasteiger partial charge is 0.371 e. The van der Waals surface area contributed by atoms with Gasteiger partial charge in [-0.05, 0) is 55.0 Å². The number of rotatable bonds is 6. The lowest BCUT2D eigenvalue weighted by Gasteiger charge is -2.24. The number of amides is 1. The second-order valence-corrected chi connectivity index (χ2v) is 8.20. The van der Waals surface area contributed by atoms with Crippen LogP contribution in [0.4, 0.5) is 10.1 Å². The Morgan fingerprint density at radius 3 is 2.53 bits per heavy atom. The zero-order valence-electron chi connectivity index (χ0n) is 17.2. The van der Waals surface area contributed by atoms with E-state index in [4.69, 9.17) is 0 Å². The van der Waals surface area contributed by atoms with Gasteiger partial charge in [0.15, 0.2) is 5.16 Å². The van der Waals surface area contributed by atoms with Gasteiger partial charge in [-0.1, -0.05) is 30.0 Å². The van der Waals surface area contributed by atoms with Gasteiger partial charge in [0, 0.05) is 38.1 Å². The summed E-state index contributed by atoms with van der Waals surface area (Å²) in [6.07, 6.45) is 5.92. The second kappa shape index (κ2) is 8.92. The van der Waals surface area contributed by atoms with Crippen LogP contribution in [0.5, 0.6) is 0 Å². The van der Waals surface area contributed by atoms with Gasteiger partial charge >= 0.3 is 0 Å². The number of hydrogen-bond acceptors (Lipinski definition) is 4. The summed E-state index contributed by atoms with van der Waals surface area (Å²) in [6.45, 7) is 2.63. The summed E-state index contributed by atoms with van der Waals surface area (Å²) in [4.78, 5) is 21.9. The van der Waals surface area contributed by atoms with Crippen LogP contribution in [0, 0.1) is 5.82 Å². The summed E-state index contributed by atoms with van der Waals surface area (Å²) in [5.41, 5.74) is 3.51. The molecule has 30 heavy (non-hydrogen) atoms. The smallest absolute Gasteiger partial charge is 0.272 e. The molecule has 1 saturated heterocycles. The van der Waals surface area contributed by atoms with E-state index in [1.807, 2.05) is 25.4 Å². The molecular formula is C23H25FN4OS. The summed E-state index contributed by atoms with van der Waals surface area (Å²) < 4.78 is 15.2. The van der Waals surface area contributed by atoms with Crippen molar-refractivity contribution in [2.45, 2.75) is 24.5 Å². The monoisotopic (exact) mass is 424 g/mol. The molecule has 0 N–H and O–H groups in total. The zero-order chi connectivity index (χ0) is 21.1. The number of aromatic nitrogens is 2. The Hall–Kier alpha value is -2.80. The average Bonchev–Trinajstić information content (AvgIpc) is 3.44. The van der Waals surface area contributed by atoms with Crippen LogP contribution in [0.2, 0.25) is 0 Å². The van der Waals surface area contributed by atoms with Gasteiger partial charge < -0.3 is 9.80 Å². The maximum atomic E-state index is 13.4. The first-order chi connectivity index (χ1) is 14.6. The molecule has 2 aromatic carbocycles. The van der Waals surface area contributed by atoms with Crippen molar-refractivity contribution in [3.05, 3.63) is 71.8 Å². The highest BCUT2D eigenvalue weighted by Crippen LogP contribution is 2.27. The molecule has 0 unspecified atom stereocenters. The highest BCUT2D eigenvalue weighted by molar-refractivity contribution is 7.98. The van der Waals surface area contributed by atoms with Gasteiger partial charge in [0.25, 0.3) is 5.91 Å². The number of carbonyl (C=O) groups is 1. The summed E-state index contributed by atoms with van der Waals surface area (Å²) in [5, 5.41) is 0.691. The maximum absolute atomic E-state index is 13.4. The van der Waals surface area contributed by atoms with Gasteiger partial charge in [-0.2, -0.15) is 0 Å². The van der Waals surface area contributed by atoms with Crippen LogP contribution in [0.15, 0.2) is 59.9 Å². The SMILES string of the molecule is CSc1ncc(C(=O)N(C)Cc2ccccc2N2CCCC2)n1-c1ccc(F)cc1. The number of hydrogen-bond donors (Lipinski definition) is 0. The normalized spacial score (nSPS) is 13.6.